The maximum atomic E-state index is 5.07. The molecule has 0 N–H and O–H groups in total. The van der Waals surface area contributed by atoms with E-state index >= 15 is 0 Å². The van der Waals surface area contributed by atoms with Crippen molar-refractivity contribution in [2.45, 2.75) is 13.8 Å². The predicted octanol–water partition coefficient (Wildman–Crippen LogP) is -1.26. The SMILES string of the molecule is COc1ccc(C)[c-]c1C.[Br-].[Mg+2]. The molecule has 1 rings (SSSR count). The number of halogens is 1. The summed E-state index contributed by atoms with van der Waals surface area (Å²) in [5, 5.41) is 0. The minimum absolute atomic E-state index is 0. The smallest absolute Gasteiger partial charge is 1.00 e. The molecule has 0 fully saturated rings. The Hall–Kier alpha value is 0.266. The van der Waals surface area contributed by atoms with Crippen LogP contribution in [0.4, 0.5) is 0 Å². The minimum atomic E-state index is 0. The molecule has 0 radical (unpaired) electrons. The molecule has 0 aliphatic rings. The molecule has 0 aliphatic heterocycles. The van der Waals surface area contributed by atoms with Crippen LogP contribution in [-0.2, 0) is 0 Å². The quantitative estimate of drug-likeness (QED) is 0.439. The third-order valence-electron chi connectivity index (χ3n) is 1.46. The van der Waals surface area contributed by atoms with Gasteiger partial charge >= 0.3 is 23.1 Å². The van der Waals surface area contributed by atoms with Gasteiger partial charge in [-0.05, 0) is 0 Å². The summed E-state index contributed by atoms with van der Waals surface area (Å²) >= 11 is 0. The topological polar surface area (TPSA) is 9.23 Å². The van der Waals surface area contributed by atoms with Crippen LogP contribution in [-0.4, -0.2) is 30.2 Å². The maximum Gasteiger partial charge on any atom is 2.00 e. The zero-order chi connectivity index (χ0) is 7.56. The molecule has 0 aromatic heterocycles. The van der Waals surface area contributed by atoms with Gasteiger partial charge in [0.15, 0.2) is 0 Å². The Morgan fingerprint density at radius 1 is 1.25 bits per heavy atom. The van der Waals surface area contributed by atoms with E-state index in [1.165, 1.54) is 0 Å². The zero-order valence-electron chi connectivity index (χ0n) is 7.65. The second kappa shape index (κ2) is 6.75. The third-order valence-corrected chi connectivity index (χ3v) is 1.46. The first-order chi connectivity index (χ1) is 4.74. The number of aryl methyl sites for hydroxylation is 2. The Bertz CT molecular complexity index is 238. The van der Waals surface area contributed by atoms with Crippen molar-refractivity contribution in [1.82, 2.24) is 0 Å². The fourth-order valence-corrected chi connectivity index (χ4v) is 0.946. The molecule has 1 nitrogen and oxygen atoms in total. The fourth-order valence-electron chi connectivity index (χ4n) is 0.946. The van der Waals surface area contributed by atoms with Gasteiger partial charge in [-0.2, -0.15) is 17.7 Å². The molecule has 0 saturated carbocycles. The largest absolute Gasteiger partial charge is 2.00 e. The van der Waals surface area contributed by atoms with Crippen molar-refractivity contribution in [3.63, 3.8) is 0 Å². The fraction of sp³-hybridized carbons (Fsp3) is 0.333. The number of methoxy groups -OCH3 is 1. The van der Waals surface area contributed by atoms with Crippen LogP contribution >= 0.6 is 0 Å². The van der Waals surface area contributed by atoms with Crippen LogP contribution in [0.2, 0.25) is 0 Å². The summed E-state index contributed by atoms with van der Waals surface area (Å²) < 4.78 is 5.07. The van der Waals surface area contributed by atoms with Gasteiger partial charge in [-0.15, -0.1) is 11.6 Å². The first-order valence-corrected chi connectivity index (χ1v) is 3.27. The summed E-state index contributed by atoms with van der Waals surface area (Å²) in [6.45, 7) is 4.01. The first kappa shape index (κ1) is 14.8. The van der Waals surface area contributed by atoms with Gasteiger partial charge in [-0.3, -0.25) is 0 Å². The van der Waals surface area contributed by atoms with Gasteiger partial charge in [0.1, 0.15) is 0 Å². The molecule has 0 amide bonds. The van der Waals surface area contributed by atoms with Crippen LogP contribution in [0.3, 0.4) is 0 Å². The van der Waals surface area contributed by atoms with Crippen molar-refractivity contribution in [3.8, 4) is 5.75 Å². The Morgan fingerprint density at radius 3 is 2.25 bits per heavy atom. The van der Waals surface area contributed by atoms with Crippen molar-refractivity contribution in [1.29, 1.82) is 0 Å². The second-order valence-electron chi connectivity index (χ2n) is 2.33. The summed E-state index contributed by atoms with van der Waals surface area (Å²) in [6.07, 6.45) is 0. The number of benzene rings is 1. The molecule has 0 bridgehead atoms. The molecule has 0 atom stereocenters. The predicted molar refractivity (Wildman–Crippen MR) is 47.1 cm³/mol. The number of hydrogen-bond acceptors (Lipinski definition) is 1. The molecule has 12 heavy (non-hydrogen) atoms. The van der Waals surface area contributed by atoms with E-state index in [0.717, 1.165) is 16.9 Å². The Morgan fingerprint density at radius 2 is 1.83 bits per heavy atom. The van der Waals surface area contributed by atoms with Crippen molar-refractivity contribution in [2.75, 3.05) is 7.11 Å². The molecule has 62 valence electrons. The van der Waals surface area contributed by atoms with Crippen molar-refractivity contribution >= 4 is 23.1 Å². The molecule has 0 aliphatic carbocycles. The molecule has 1 aromatic rings. The van der Waals surface area contributed by atoms with Gasteiger partial charge in [0.25, 0.3) is 0 Å². The summed E-state index contributed by atoms with van der Waals surface area (Å²) in [7, 11) is 1.67. The molecular formula is C9H11BrMgO. The summed E-state index contributed by atoms with van der Waals surface area (Å²) in [4.78, 5) is 0. The number of ether oxygens (including phenoxy) is 1. The molecule has 1 aromatic carbocycles. The van der Waals surface area contributed by atoms with E-state index in [4.69, 9.17) is 4.74 Å². The van der Waals surface area contributed by atoms with Crippen LogP contribution in [0, 0.1) is 19.9 Å². The Kier molecular flexibility index (Phi) is 8.31. The molecule has 0 saturated heterocycles. The Balaban J connectivity index is 0. The average Bonchev–Trinajstić information content (AvgIpc) is 1.88. The monoisotopic (exact) mass is 238 g/mol. The van der Waals surface area contributed by atoms with Gasteiger partial charge in [0.05, 0.1) is 7.11 Å². The van der Waals surface area contributed by atoms with E-state index in [0.29, 0.717) is 0 Å². The van der Waals surface area contributed by atoms with Crippen LogP contribution in [0.1, 0.15) is 11.1 Å². The van der Waals surface area contributed by atoms with Crippen LogP contribution in [0.5, 0.6) is 5.75 Å². The van der Waals surface area contributed by atoms with Crippen molar-refractivity contribution < 1.29 is 21.7 Å². The number of hydrogen-bond donors (Lipinski definition) is 0. The zero-order valence-corrected chi connectivity index (χ0v) is 10.6. The van der Waals surface area contributed by atoms with Crippen LogP contribution < -0.4 is 21.7 Å². The minimum Gasteiger partial charge on any atom is -1.00 e. The van der Waals surface area contributed by atoms with Gasteiger partial charge in [0.2, 0.25) is 0 Å². The van der Waals surface area contributed by atoms with E-state index in [1.807, 2.05) is 26.0 Å². The summed E-state index contributed by atoms with van der Waals surface area (Å²) in [6, 6.07) is 7.12. The second-order valence-corrected chi connectivity index (χ2v) is 2.33. The maximum absolute atomic E-state index is 5.07. The normalized spacial score (nSPS) is 7.92. The molecule has 0 heterocycles. The van der Waals surface area contributed by atoms with E-state index in [1.54, 1.807) is 7.11 Å². The van der Waals surface area contributed by atoms with E-state index < -0.39 is 0 Å². The van der Waals surface area contributed by atoms with E-state index in [9.17, 15) is 0 Å². The standard InChI is InChI=1S/C9H11O.BrH.Mg/c1-7-4-5-9(10-3)8(2)6-7;;/h4-5H,1-3H3;1H;/q-1;;+2/p-1. The van der Waals surface area contributed by atoms with Crippen LogP contribution in [0.15, 0.2) is 12.1 Å². The summed E-state index contributed by atoms with van der Waals surface area (Å²) in [5.41, 5.74) is 2.22. The van der Waals surface area contributed by atoms with Gasteiger partial charge in [0, 0.05) is 5.75 Å². The van der Waals surface area contributed by atoms with E-state index in [2.05, 4.69) is 6.07 Å². The van der Waals surface area contributed by atoms with Crippen molar-refractivity contribution in [3.05, 3.63) is 29.3 Å². The van der Waals surface area contributed by atoms with Crippen LogP contribution in [0.25, 0.3) is 0 Å². The van der Waals surface area contributed by atoms with Crippen molar-refractivity contribution in [2.24, 2.45) is 0 Å². The summed E-state index contributed by atoms with van der Waals surface area (Å²) in [5.74, 6) is 0.908. The average molecular weight is 239 g/mol. The molecule has 0 spiro atoms. The van der Waals surface area contributed by atoms with Gasteiger partial charge in [-0.25, -0.2) is 0 Å². The molecular weight excluding hydrogens is 228 g/mol. The molecule has 3 heteroatoms. The van der Waals surface area contributed by atoms with E-state index in [-0.39, 0.29) is 40.0 Å². The molecule has 0 unspecified atom stereocenters. The first-order valence-electron chi connectivity index (χ1n) is 3.27. The van der Waals surface area contributed by atoms with Gasteiger partial charge in [-0.1, -0.05) is 13.8 Å². The van der Waals surface area contributed by atoms with Gasteiger partial charge < -0.3 is 21.7 Å². The third kappa shape index (κ3) is 3.78. The number of rotatable bonds is 1. The Labute approximate surface area is 100 Å².